The monoisotopic (exact) mass is 400 g/mol. The average molecular weight is 401 g/mol. The van der Waals surface area contributed by atoms with Crippen molar-refractivity contribution >= 4 is 17.5 Å². The highest BCUT2D eigenvalue weighted by Crippen LogP contribution is 2.44. The van der Waals surface area contributed by atoms with Gasteiger partial charge in [-0.25, -0.2) is 0 Å². The largest absolute Gasteiger partial charge is 0.497 e. The summed E-state index contributed by atoms with van der Waals surface area (Å²) in [5, 5.41) is 0.541. The molecular weight excluding hydrogens is 376 g/mol. The first-order valence-electron chi connectivity index (χ1n) is 9.49. The Morgan fingerprint density at radius 2 is 1.79 bits per heavy atom. The lowest BCUT2D eigenvalue weighted by atomic mass is 9.89. The molecule has 0 bridgehead atoms. The molecule has 2 saturated heterocycles. The van der Waals surface area contributed by atoms with Crippen LogP contribution in [-0.2, 0) is 0 Å². The maximum absolute atomic E-state index is 13.2. The molecule has 6 heteroatoms. The van der Waals surface area contributed by atoms with Crippen LogP contribution in [0.4, 0.5) is 0 Å². The van der Waals surface area contributed by atoms with Crippen LogP contribution in [-0.4, -0.2) is 56.6 Å². The zero-order valence-corrected chi connectivity index (χ0v) is 17.1. The van der Waals surface area contributed by atoms with E-state index >= 15 is 0 Å². The molecule has 2 aliphatic heterocycles. The fourth-order valence-corrected chi connectivity index (χ4v) is 4.92. The molecule has 1 amide bonds. The Kier molecular flexibility index (Phi) is 5.21. The molecule has 3 atom stereocenters. The van der Waals surface area contributed by atoms with Gasteiger partial charge in [-0.15, -0.1) is 0 Å². The standard InChI is InChI=1S/C22H25ClN2O3/c1-24-11-15-12-25(22(26)18-10-16(23)6-9-20(18)28-3)13-19(15)21(24)14-4-7-17(27-2)8-5-14/h4-10,15,19,21H,11-13H2,1-3H3/t15-,19+,21+/m0/s1. The summed E-state index contributed by atoms with van der Waals surface area (Å²) < 4.78 is 10.7. The molecule has 2 aromatic rings. The van der Waals surface area contributed by atoms with Gasteiger partial charge in [-0.2, -0.15) is 0 Å². The van der Waals surface area contributed by atoms with Crippen molar-refractivity contribution in [2.75, 3.05) is 40.9 Å². The topological polar surface area (TPSA) is 42.0 Å². The van der Waals surface area contributed by atoms with Gasteiger partial charge in [-0.05, 0) is 48.9 Å². The highest BCUT2D eigenvalue weighted by Gasteiger charge is 2.47. The number of benzene rings is 2. The van der Waals surface area contributed by atoms with E-state index in [2.05, 4.69) is 24.1 Å². The minimum atomic E-state index is -0.00937. The van der Waals surface area contributed by atoms with Crippen LogP contribution in [0.5, 0.6) is 11.5 Å². The minimum absolute atomic E-state index is 0.00937. The third kappa shape index (κ3) is 3.33. The van der Waals surface area contributed by atoms with E-state index in [1.165, 1.54) is 5.56 Å². The Bertz CT molecular complexity index is 871. The molecule has 0 aliphatic carbocycles. The summed E-state index contributed by atoms with van der Waals surface area (Å²) in [7, 11) is 5.42. The molecular formula is C22H25ClN2O3. The summed E-state index contributed by atoms with van der Waals surface area (Å²) in [5.74, 6) is 2.29. The van der Waals surface area contributed by atoms with Crippen molar-refractivity contribution in [1.82, 2.24) is 9.80 Å². The van der Waals surface area contributed by atoms with E-state index < -0.39 is 0 Å². The normalized spacial score (nSPS) is 24.3. The molecule has 0 spiro atoms. The number of hydrogen-bond donors (Lipinski definition) is 0. The fraction of sp³-hybridized carbons (Fsp3) is 0.409. The maximum Gasteiger partial charge on any atom is 0.257 e. The molecule has 2 aromatic carbocycles. The summed E-state index contributed by atoms with van der Waals surface area (Å²) in [4.78, 5) is 17.5. The quantitative estimate of drug-likeness (QED) is 0.784. The van der Waals surface area contributed by atoms with E-state index in [9.17, 15) is 4.79 Å². The highest BCUT2D eigenvalue weighted by molar-refractivity contribution is 6.31. The Balaban J connectivity index is 1.56. The van der Waals surface area contributed by atoms with Crippen molar-refractivity contribution in [2.45, 2.75) is 6.04 Å². The van der Waals surface area contributed by atoms with Gasteiger partial charge in [0.25, 0.3) is 5.91 Å². The van der Waals surface area contributed by atoms with Gasteiger partial charge in [0.1, 0.15) is 11.5 Å². The van der Waals surface area contributed by atoms with E-state index in [-0.39, 0.29) is 5.91 Å². The van der Waals surface area contributed by atoms with Gasteiger partial charge in [-0.1, -0.05) is 23.7 Å². The van der Waals surface area contributed by atoms with Gasteiger partial charge in [0.2, 0.25) is 0 Å². The smallest absolute Gasteiger partial charge is 0.257 e. The second-order valence-electron chi connectivity index (χ2n) is 7.64. The lowest BCUT2D eigenvalue weighted by Crippen LogP contribution is -2.33. The summed E-state index contributed by atoms with van der Waals surface area (Å²) in [6.45, 7) is 2.48. The van der Waals surface area contributed by atoms with Gasteiger partial charge in [0.15, 0.2) is 0 Å². The van der Waals surface area contributed by atoms with Crippen molar-refractivity contribution in [1.29, 1.82) is 0 Å². The molecule has 5 nitrogen and oxygen atoms in total. The number of likely N-dealkylation sites (tertiary alicyclic amines) is 2. The average Bonchev–Trinajstić information content (AvgIpc) is 3.24. The molecule has 0 saturated carbocycles. The first-order valence-corrected chi connectivity index (χ1v) is 9.86. The number of halogens is 1. The molecule has 0 N–H and O–H groups in total. The number of methoxy groups -OCH3 is 2. The van der Waals surface area contributed by atoms with E-state index in [1.807, 2.05) is 17.0 Å². The van der Waals surface area contributed by atoms with Crippen LogP contribution < -0.4 is 9.47 Å². The van der Waals surface area contributed by atoms with Gasteiger partial charge in [0.05, 0.1) is 19.8 Å². The number of amides is 1. The number of carbonyl (C=O) groups is 1. The van der Waals surface area contributed by atoms with Crippen molar-refractivity contribution in [3.8, 4) is 11.5 Å². The lowest BCUT2D eigenvalue weighted by Gasteiger charge is -2.27. The van der Waals surface area contributed by atoms with Crippen molar-refractivity contribution in [2.24, 2.45) is 11.8 Å². The molecule has 4 rings (SSSR count). The third-order valence-corrected chi connectivity index (χ3v) is 6.27. The molecule has 28 heavy (non-hydrogen) atoms. The molecule has 148 valence electrons. The van der Waals surface area contributed by atoms with Crippen LogP contribution in [0.25, 0.3) is 0 Å². The van der Waals surface area contributed by atoms with Crippen LogP contribution in [0.15, 0.2) is 42.5 Å². The molecule has 0 radical (unpaired) electrons. The third-order valence-electron chi connectivity index (χ3n) is 6.03. The van der Waals surface area contributed by atoms with Crippen molar-refractivity contribution in [3.05, 3.63) is 58.6 Å². The summed E-state index contributed by atoms with van der Waals surface area (Å²) >= 11 is 6.12. The fourth-order valence-electron chi connectivity index (χ4n) is 4.74. The van der Waals surface area contributed by atoms with Gasteiger partial charge in [-0.3, -0.25) is 9.69 Å². The van der Waals surface area contributed by atoms with Gasteiger partial charge < -0.3 is 14.4 Å². The molecule has 2 aliphatic rings. The summed E-state index contributed by atoms with van der Waals surface area (Å²) in [6, 6.07) is 13.8. The summed E-state index contributed by atoms with van der Waals surface area (Å²) in [5.41, 5.74) is 1.80. The van der Waals surface area contributed by atoms with E-state index in [0.717, 1.165) is 25.4 Å². The molecule has 2 fully saturated rings. The molecule has 2 heterocycles. The Hall–Kier alpha value is -2.24. The molecule has 0 unspecified atom stereocenters. The van der Waals surface area contributed by atoms with Crippen LogP contribution in [0, 0.1) is 11.8 Å². The SMILES string of the molecule is COc1ccc([C@@H]2[C@@H]3CN(C(=O)c4cc(Cl)ccc4OC)C[C@@H]3CN2C)cc1. The second kappa shape index (κ2) is 7.64. The van der Waals surface area contributed by atoms with E-state index in [1.54, 1.807) is 32.4 Å². The molecule has 0 aromatic heterocycles. The Morgan fingerprint density at radius 1 is 1.04 bits per heavy atom. The van der Waals surface area contributed by atoms with E-state index in [0.29, 0.717) is 34.2 Å². The van der Waals surface area contributed by atoms with Gasteiger partial charge in [0, 0.05) is 36.6 Å². The zero-order valence-electron chi connectivity index (χ0n) is 16.4. The highest BCUT2D eigenvalue weighted by atomic mass is 35.5. The number of hydrogen-bond acceptors (Lipinski definition) is 4. The number of carbonyl (C=O) groups excluding carboxylic acids is 1. The first kappa shape index (κ1) is 19.1. The first-order chi connectivity index (χ1) is 13.5. The van der Waals surface area contributed by atoms with Crippen molar-refractivity contribution < 1.29 is 14.3 Å². The predicted molar refractivity (Wildman–Crippen MR) is 109 cm³/mol. The van der Waals surface area contributed by atoms with Crippen LogP contribution in [0.1, 0.15) is 22.0 Å². The van der Waals surface area contributed by atoms with Crippen LogP contribution in [0.2, 0.25) is 5.02 Å². The number of fused-ring (bicyclic) bond motifs is 1. The second-order valence-corrected chi connectivity index (χ2v) is 8.07. The van der Waals surface area contributed by atoms with Crippen LogP contribution >= 0.6 is 11.6 Å². The number of ether oxygens (including phenoxy) is 2. The Labute approximate surface area is 170 Å². The minimum Gasteiger partial charge on any atom is -0.497 e. The summed E-state index contributed by atoms with van der Waals surface area (Å²) in [6.07, 6.45) is 0. The lowest BCUT2D eigenvalue weighted by molar-refractivity contribution is 0.0764. The van der Waals surface area contributed by atoms with Crippen LogP contribution in [0.3, 0.4) is 0 Å². The predicted octanol–water partition coefficient (Wildman–Crippen LogP) is 3.73. The number of rotatable bonds is 4. The Morgan fingerprint density at radius 3 is 2.46 bits per heavy atom. The number of nitrogens with zero attached hydrogens (tertiary/aromatic N) is 2. The zero-order chi connectivity index (χ0) is 19.8. The maximum atomic E-state index is 13.2. The van der Waals surface area contributed by atoms with Gasteiger partial charge >= 0.3 is 0 Å². The van der Waals surface area contributed by atoms with E-state index in [4.69, 9.17) is 21.1 Å². The van der Waals surface area contributed by atoms with Crippen molar-refractivity contribution in [3.63, 3.8) is 0 Å².